The Morgan fingerprint density at radius 1 is 1.14 bits per heavy atom. The van der Waals surface area contributed by atoms with Crippen molar-refractivity contribution >= 4 is 44.7 Å². The number of sulfonamides is 1. The van der Waals surface area contributed by atoms with Gasteiger partial charge in [0.1, 0.15) is 34.7 Å². The highest BCUT2D eigenvalue weighted by Crippen LogP contribution is 2.49. The second kappa shape index (κ2) is 14.4. The standard InChI is InChI=1S/C40H51F2N5O9S/c1-23-31-26(27-19-25(55-35(41)42)13-14-28(27)43-23)15-16-39(56-31)21-30-32(48)44-40(34(50)45-57(53,54)38(5)17-18-38)20-24(40)11-9-7-6-8-10-12-29(33(49)46(30)22-39)47(36(51)52)37(2,3)4/h9,11,13-14,19,24,29-30,35H,6-8,10,12,15-18,20-22H2,1-5H3,(H,44,48)(H,45,50)(H,51,52)/b11-9-/t24-,29+,30+,39-,40-/m1/s1. The minimum atomic E-state index is -4.05. The van der Waals surface area contributed by atoms with Crippen molar-refractivity contribution in [2.24, 2.45) is 5.92 Å². The highest BCUT2D eigenvalue weighted by molar-refractivity contribution is 7.91. The average Bonchev–Trinajstić information content (AvgIpc) is 4.01. The lowest BCUT2D eigenvalue weighted by molar-refractivity contribution is -0.144. The fraction of sp³-hybridized carbons (Fsp3) is 0.625. The monoisotopic (exact) mass is 815 g/mol. The number of aromatic nitrogens is 1. The number of alkyl halides is 2. The quantitative estimate of drug-likeness (QED) is 0.322. The number of ether oxygens (including phenoxy) is 2. The fourth-order valence-electron chi connectivity index (χ4n) is 8.82. The number of hydrogen-bond donors (Lipinski definition) is 3. The van der Waals surface area contributed by atoms with E-state index < -0.39 is 79.9 Å². The lowest BCUT2D eigenvalue weighted by Crippen LogP contribution is -2.61. The third kappa shape index (κ3) is 7.63. The number of halogens is 2. The lowest BCUT2D eigenvalue weighted by atomic mass is 9.87. The SMILES string of the molecule is Cc1nc2ccc(OC(F)F)cc2c2c1O[C@]1(CC2)C[C@H]2C(=O)N[C@]3(C(=O)NS(=O)(=O)C4(C)CC4)C[C@H]3/C=C\CCCCC[C@H](N(C(=O)O)C(C)(C)C)C(=O)N2C1. The van der Waals surface area contributed by atoms with Crippen LogP contribution in [0.3, 0.4) is 0 Å². The fourth-order valence-corrected chi connectivity index (χ4v) is 10.1. The zero-order chi connectivity index (χ0) is 41.3. The number of hydrogen-bond acceptors (Lipinski definition) is 9. The second-order valence-corrected chi connectivity index (χ2v) is 19.8. The summed E-state index contributed by atoms with van der Waals surface area (Å²) in [4.78, 5) is 63.7. The van der Waals surface area contributed by atoms with Gasteiger partial charge in [0.2, 0.25) is 21.8 Å². The highest BCUT2D eigenvalue weighted by atomic mass is 32.2. The molecule has 1 saturated heterocycles. The van der Waals surface area contributed by atoms with Crippen LogP contribution in [-0.2, 0) is 30.8 Å². The van der Waals surface area contributed by atoms with Gasteiger partial charge in [0.15, 0.2) is 0 Å². The molecule has 310 valence electrons. The van der Waals surface area contributed by atoms with E-state index in [9.17, 15) is 41.5 Å². The molecule has 0 unspecified atom stereocenters. The van der Waals surface area contributed by atoms with Crippen LogP contribution in [0.15, 0.2) is 30.4 Å². The zero-order valence-electron chi connectivity index (χ0n) is 32.9. The van der Waals surface area contributed by atoms with Crippen LogP contribution < -0.4 is 19.5 Å². The van der Waals surface area contributed by atoms with E-state index in [0.29, 0.717) is 72.9 Å². The first-order valence-electron chi connectivity index (χ1n) is 19.6. The minimum Gasteiger partial charge on any atom is -0.483 e. The number of benzene rings is 1. The topological polar surface area (TPSA) is 185 Å². The first kappa shape index (κ1) is 40.6. The van der Waals surface area contributed by atoms with E-state index in [1.807, 2.05) is 12.2 Å². The Hall–Kier alpha value is -4.54. The number of nitrogens with zero attached hydrogens (tertiary/aromatic N) is 3. The Labute approximate surface area is 330 Å². The summed E-state index contributed by atoms with van der Waals surface area (Å²) in [7, 11) is -4.05. The summed E-state index contributed by atoms with van der Waals surface area (Å²) in [5.41, 5.74) is -1.97. The summed E-state index contributed by atoms with van der Waals surface area (Å²) in [6, 6.07) is 2.10. The van der Waals surface area contributed by atoms with Crippen molar-refractivity contribution in [1.82, 2.24) is 24.8 Å². The van der Waals surface area contributed by atoms with Crippen molar-refractivity contribution in [3.63, 3.8) is 0 Å². The molecule has 0 radical (unpaired) electrons. The third-order valence-corrected chi connectivity index (χ3v) is 14.5. The Kier molecular flexibility index (Phi) is 10.3. The molecular formula is C40H51F2N5O9S. The van der Waals surface area contributed by atoms with Crippen LogP contribution in [0.5, 0.6) is 11.5 Å². The molecule has 0 bridgehead atoms. The predicted octanol–water partition coefficient (Wildman–Crippen LogP) is 5.35. The van der Waals surface area contributed by atoms with Crippen molar-refractivity contribution < 1.29 is 51.0 Å². The number of amides is 4. The molecule has 5 aliphatic rings. The van der Waals surface area contributed by atoms with Gasteiger partial charge in [-0.05, 0) is 104 Å². The maximum absolute atomic E-state index is 15.0. The molecule has 7 rings (SSSR count). The molecule has 5 atom stereocenters. The summed E-state index contributed by atoms with van der Waals surface area (Å²) in [5, 5.41) is 13.9. The Balaban J connectivity index is 1.27. The summed E-state index contributed by atoms with van der Waals surface area (Å²) in [5.74, 6) is -2.27. The third-order valence-electron chi connectivity index (χ3n) is 12.4. The zero-order valence-corrected chi connectivity index (χ0v) is 33.7. The van der Waals surface area contributed by atoms with E-state index >= 15 is 0 Å². The van der Waals surface area contributed by atoms with Gasteiger partial charge in [-0.3, -0.25) is 24.0 Å². The molecule has 2 aliphatic carbocycles. The number of fused-ring (bicyclic) bond motifs is 5. The van der Waals surface area contributed by atoms with Gasteiger partial charge < -0.3 is 24.8 Å². The van der Waals surface area contributed by atoms with Gasteiger partial charge in [-0.25, -0.2) is 18.2 Å². The Bertz CT molecular complexity index is 2140. The van der Waals surface area contributed by atoms with Gasteiger partial charge in [-0.2, -0.15) is 8.78 Å². The number of rotatable bonds is 6. The lowest BCUT2D eigenvalue weighted by Gasteiger charge is -2.41. The van der Waals surface area contributed by atoms with Crippen LogP contribution in [0.25, 0.3) is 10.9 Å². The molecular weight excluding hydrogens is 765 g/mol. The minimum absolute atomic E-state index is 0.0279. The molecule has 4 heterocycles. The molecule has 2 aromatic rings. The first-order chi connectivity index (χ1) is 26.7. The number of carbonyl (C=O) groups is 4. The summed E-state index contributed by atoms with van der Waals surface area (Å²) in [6.45, 7) is 5.30. The number of pyridine rings is 1. The summed E-state index contributed by atoms with van der Waals surface area (Å²) < 4.78 is 65.3. The largest absolute Gasteiger partial charge is 0.483 e. The highest BCUT2D eigenvalue weighted by Gasteiger charge is 2.64. The van der Waals surface area contributed by atoms with Crippen LogP contribution >= 0.6 is 0 Å². The van der Waals surface area contributed by atoms with E-state index in [-0.39, 0.29) is 31.6 Å². The molecule has 3 N–H and O–H groups in total. The Morgan fingerprint density at radius 2 is 1.88 bits per heavy atom. The number of nitrogens with one attached hydrogen (secondary N) is 2. The van der Waals surface area contributed by atoms with Crippen molar-refractivity contribution in [1.29, 1.82) is 0 Å². The van der Waals surface area contributed by atoms with Gasteiger partial charge >= 0.3 is 12.7 Å². The van der Waals surface area contributed by atoms with Crippen LogP contribution in [0.1, 0.15) is 103 Å². The number of carboxylic acid groups (broad SMARTS) is 1. The van der Waals surface area contributed by atoms with Crippen molar-refractivity contribution in [3.8, 4) is 11.5 Å². The number of aryl methyl sites for hydroxylation is 2. The molecule has 17 heteroatoms. The van der Waals surface area contributed by atoms with E-state index in [1.54, 1.807) is 40.7 Å². The van der Waals surface area contributed by atoms with Gasteiger partial charge in [-0.1, -0.05) is 25.0 Å². The first-order valence-corrected chi connectivity index (χ1v) is 21.1. The molecule has 14 nitrogen and oxygen atoms in total. The summed E-state index contributed by atoms with van der Waals surface area (Å²) >= 11 is 0. The van der Waals surface area contributed by atoms with E-state index in [1.165, 1.54) is 17.0 Å². The molecule has 3 fully saturated rings. The van der Waals surface area contributed by atoms with Gasteiger partial charge in [0.25, 0.3) is 5.91 Å². The molecule has 1 aromatic heterocycles. The normalized spacial score (nSPS) is 29.2. The van der Waals surface area contributed by atoms with Crippen LogP contribution in [0.2, 0.25) is 0 Å². The maximum atomic E-state index is 15.0. The van der Waals surface area contributed by atoms with E-state index in [2.05, 4.69) is 19.8 Å². The van der Waals surface area contributed by atoms with Crippen molar-refractivity contribution in [2.75, 3.05) is 6.54 Å². The molecule has 1 aromatic carbocycles. The average molecular weight is 816 g/mol. The smallest absolute Gasteiger partial charge is 0.408 e. The van der Waals surface area contributed by atoms with Crippen LogP contribution in [-0.4, -0.2) is 98.8 Å². The Morgan fingerprint density at radius 3 is 2.54 bits per heavy atom. The van der Waals surface area contributed by atoms with Crippen molar-refractivity contribution in [2.45, 2.75) is 145 Å². The van der Waals surface area contributed by atoms with Crippen molar-refractivity contribution in [3.05, 3.63) is 41.6 Å². The number of allylic oxidation sites excluding steroid dienone is 1. The molecule has 1 spiro atoms. The molecule has 57 heavy (non-hydrogen) atoms. The number of carbonyl (C=O) groups excluding carboxylic acids is 3. The van der Waals surface area contributed by atoms with Gasteiger partial charge in [-0.15, -0.1) is 0 Å². The van der Waals surface area contributed by atoms with Gasteiger partial charge in [0.05, 0.1) is 22.5 Å². The summed E-state index contributed by atoms with van der Waals surface area (Å²) in [6.07, 6.45) is 6.85. The molecule has 2 saturated carbocycles. The molecule has 4 amide bonds. The maximum Gasteiger partial charge on any atom is 0.408 e. The van der Waals surface area contributed by atoms with Gasteiger partial charge in [0, 0.05) is 28.8 Å². The second-order valence-electron chi connectivity index (χ2n) is 17.6. The van der Waals surface area contributed by atoms with Crippen LogP contribution in [0.4, 0.5) is 13.6 Å². The predicted molar refractivity (Wildman–Crippen MR) is 204 cm³/mol. The van der Waals surface area contributed by atoms with Crippen LogP contribution in [0, 0.1) is 12.8 Å². The molecule has 3 aliphatic heterocycles. The van der Waals surface area contributed by atoms with E-state index in [0.717, 1.165) is 11.3 Å². The van der Waals surface area contributed by atoms with E-state index in [4.69, 9.17) is 4.74 Å².